The molecular weight excluding hydrogens is 344 g/mol. The highest BCUT2D eigenvalue weighted by Gasteiger charge is 2.48. The number of carbonyl (C=O) groups is 2. The van der Waals surface area contributed by atoms with Crippen LogP contribution in [0, 0.1) is 0 Å². The van der Waals surface area contributed by atoms with E-state index < -0.39 is 5.54 Å². The third kappa shape index (κ3) is 2.85. The number of aromatic amines is 1. The molecule has 4 heterocycles. The molecule has 1 saturated heterocycles. The number of hydrogen-bond acceptors (Lipinski definition) is 5. The fourth-order valence-corrected chi connectivity index (χ4v) is 4.33. The fourth-order valence-electron chi connectivity index (χ4n) is 4.33. The minimum absolute atomic E-state index is 0.0521. The normalized spacial score (nSPS) is 18.4. The zero-order chi connectivity index (χ0) is 19.0. The van der Waals surface area contributed by atoms with E-state index in [2.05, 4.69) is 15.0 Å². The van der Waals surface area contributed by atoms with E-state index in [0.29, 0.717) is 50.3 Å². The Morgan fingerprint density at radius 1 is 1.22 bits per heavy atom. The Balaban J connectivity index is 1.58. The van der Waals surface area contributed by atoms with Crippen molar-refractivity contribution in [3.05, 3.63) is 41.6 Å². The summed E-state index contributed by atoms with van der Waals surface area (Å²) in [6.45, 7) is 3.73. The molecule has 8 heteroatoms. The number of likely N-dealkylation sites (tertiary alicyclic amines) is 1. The number of hydrogen-bond donors (Lipinski definition) is 2. The maximum Gasteiger partial charge on any atom is 0.255 e. The van der Waals surface area contributed by atoms with Crippen LogP contribution in [0.4, 0.5) is 5.82 Å². The second-order valence-electron chi connectivity index (χ2n) is 7.17. The van der Waals surface area contributed by atoms with Crippen LogP contribution in [0.25, 0.3) is 0 Å². The van der Waals surface area contributed by atoms with Crippen LogP contribution in [0.15, 0.2) is 24.7 Å². The lowest BCUT2D eigenvalue weighted by Crippen LogP contribution is -2.58. The van der Waals surface area contributed by atoms with Crippen molar-refractivity contribution in [3.63, 3.8) is 0 Å². The van der Waals surface area contributed by atoms with Crippen LogP contribution < -0.4 is 5.73 Å². The molecule has 27 heavy (non-hydrogen) atoms. The Morgan fingerprint density at radius 2 is 2.00 bits per heavy atom. The van der Waals surface area contributed by atoms with Crippen LogP contribution in [-0.4, -0.2) is 56.2 Å². The number of nitrogens with two attached hydrogens (primary N) is 1. The summed E-state index contributed by atoms with van der Waals surface area (Å²) in [6.07, 6.45) is 5.87. The van der Waals surface area contributed by atoms with Crippen molar-refractivity contribution in [1.82, 2.24) is 24.8 Å². The first-order valence-corrected chi connectivity index (χ1v) is 9.39. The number of amides is 2. The van der Waals surface area contributed by atoms with Gasteiger partial charge in [-0.25, -0.2) is 9.97 Å². The number of H-pyrrole nitrogens is 1. The monoisotopic (exact) mass is 368 g/mol. The number of fused-ring (bicyclic) bond motifs is 2. The van der Waals surface area contributed by atoms with E-state index in [-0.39, 0.29) is 11.8 Å². The molecule has 0 atom stereocenters. The molecule has 0 radical (unpaired) electrons. The van der Waals surface area contributed by atoms with Crippen LogP contribution >= 0.6 is 0 Å². The zero-order valence-corrected chi connectivity index (χ0v) is 15.4. The highest BCUT2D eigenvalue weighted by Crippen LogP contribution is 2.42. The quantitative estimate of drug-likeness (QED) is 0.831. The van der Waals surface area contributed by atoms with Gasteiger partial charge in [-0.05, 0) is 25.0 Å². The van der Waals surface area contributed by atoms with Gasteiger partial charge in [-0.2, -0.15) is 0 Å². The summed E-state index contributed by atoms with van der Waals surface area (Å²) in [5.74, 6) is 0.487. The zero-order valence-electron chi connectivity index (χ0n) is 15.4. The summed E-state index contributed by atoms with van der Waals surface area (Å²) in [5.41, 5.74) is 7.80. The number of imidazole rings is 1. The topological polar surface area (TPSA) is 108 Å². The number of piperidine rings is 1. The highest BCUT2D eigenvalue weighted by atomic mass is 16.2. The summed E-state index contributed by atoms with van der Waals surface area (Å²) in [6, 6.07) is 3.34. The average molecular weight is 368 g/mol. The number of nitrogen functional groups attached to an aromatic ring is 1. The van der Waals surface area contributed by atoms with Gasteiger partial charge in [0.2, 0.25) is 5.91 Å². The van der Waals surface area contributed by atoms with Crippen LogP contribution in [0.1, 0.15) is 47.9 Å². The Bertz CT molecular complexity index is 851. The van der Waals surface area contributed by atoms with Crippen molar-refractivity contribution >= 4 is 17.6 Å². The van der Waals surface area contributed by atoms with Gasteiger partial charge in [-0.15, -0.1) is 0 Å². The molecule has 2 aromatic heterocycles. The van der Waals surface area contributed by atoms with Crippen molar-refractivity contribution in [2.24, 2.45) is 0 Å². The van der Waals surface area contributed by atoms with Gasteiger partial charge in [0.1, 0.15) is 5.82 Å². The summed E-state index contributed by atoms with van der Waals surface area (Å²) < 4.78 is 0. The van der Waals surface area contributed by atoms with E-state index >= 15 is 0 Å². The lowest BCUT2D eigenvalue weighted by atomic mass is 9.78. The number of anilines is 1. The molecule has 0 unspecified atom stereocenters. The lowest BCUT2D eigenvalue weighted by Gasteiger charge is -2.50. The van der Waals surface area contributed by atoms with Crippen LogP contribution in [0.3, 0.4) is 0 Å². The number of pyridine rings is 1. The van der Waals surface area contributed by atoms with Crippen LogP contribution in [0.5, 0.6) is 0 Å². The van der Waals surface area contributed by atoms with Gasteiger partial charge in [0.05, 0.1) is 23.1 Å². The van der Waals surface area contributed by atoms with Gasteiger partial charge in [0, 0.05) is 44.4 Å². The molecule has 2 aliphatic rings. The number of nitrogens with one attached hydrogen (secondary N) is 1. The Kier molecular flexibility index (Phi) is 4.33. The fraction of sp³-hybridized carbons (Fsp3) is 0.474. The van der Waals surface area contributed by atoms with Crippen LogP contribution in [-0.2, 0) is 16.8 Å². The van der Waals surface area contributed by atoms with E-state index in [0.717, 1.165) is 17.8 Å². The van der Waals surface area contributed by atoms with Gasteiger partial charge in [-0.1, -0.05) is 6.92 Å². The molecule has 4 rings (SSSR count). The molecule has 142 valence electrons. The SMILES string of the molecule is CCC(=O)N1CCc2[nH]cnc2C12CCN(C(=O)c1ccc(N)nc1)CC2. The maximum atomic E-state index is 12.8. The largest absolute Gasteiger partial charge is 0.384 e. The average Bonchev–Trinajstić information content (AvgIpc) is 3.18. The Labute approximate surface area is 157 Å². The first kappa shape index (κ1) is 17.5. The maximum absolute atomic E-state index is 12.8. The molecule has 8 nitrogen and oxygen atoms in total. The number of rotatable bonds is 2. The summed E-state index contributed by atoms with van der Waals surface area (Å²) in [4.78, 5) is 41.0. The number of nitrogens with zero attached hydrogens (tertiary/aromatic N) is 4. The molecule has 0 aromatic carbocycles. The molecule has 3 N–H and O–H groups in total. The summed E-state index contributed by atoms with van der Waals surface area (Å²) in [7, 11) is 0. The van der Waals surface area contributed by atoms with E-state index in [1.807, 2.05) is 16.7 Å². The number of carbonyl (C=O) groups excluding carboxylic acids is 2. The predicted molar refractivity (Wildman–Crippen MR) is 99.8 cm³/mol. The van der Waals surface area contributed by atoms with Crippen molar-refractivity contribution in [2.45, 2.75) is 38.1 Å². The van der Waals surface area contributed by atoms with E-state index in [1.165, 1.54) is 6.20 Å². The third-order valence-corrected chi connectivity index (χ3v) is 5.78. The highest BCUT2D eigenvalue weighted by molar-refractivity contribution is 5.94. The predicted octanol–water partition coefficient (Wildman–Crippen LogP) is 1.31. The summed E-state index contributed by atoms with van der Waals surface area (Å²) >= 11 is 0. The van der Waals surface area contributed by atoms with Gasteiger partial charge in [-0.3, -0.25) is 9.59 Å². The van der Waals surface area contributed by atoms with E-state index in [4.69, 9.17) is 5.73 Å². The van der Waals surface area contributed by atoms with Crippen molar-refractivity contribution < 1.29 is 9.59 Å². The second kappa shape index (κ2) is 6.68. The first-order valence-electron chi connectivity index (χ1n) is 9.39. The van der Waals surface area contributed by atoms with Gasteiger partial charge < -0.3 is 20.5 Å². The van der Waals surface area contributed by atoms with Crippen molar-refractivity contribution in [3.8, 4) is 0 Å². The minimum atomic E-state index is -0.420. The molecule has 0 saturated carbocycles. The van der Waals surface area contributed by atoms with Gasteiger partial charge >= 0.3 is 0 Å². The molecule has 2 aromatic rings. The minimum Gasteiger partial charge on any atom is -0.384 e. The van der Waals surface area contributed by atoms with Crippen LogP contribution in [0.2, 0.25) is 0 Å². The Morgan fingerprint density at radius 3 is 2.67 bits per heavy atom. The second-order valence-corrected chi connectivity index (χ2v) is 7.17. The molecule has 1 fully saturated rings. The molecule has 2 amide bonds. The number of aromatic nitrogens is 3. The molecule has 0 aliphatic carbocycles. The van der Waals surface area contributed by atoms with Crippen molar-refractivity contribution in [2.75, 3.05) is 25.4 Å². The van der Waals surface area contributed by atoms with E-state index in [9.17, 15) is 9.59 Å². The molecular formula is C19H24N6O2. The first-order chi connectivity index (χ1) is 13.0. The van der Waals surface area contributed by atoms with Gasteiger partial charge in [0.25, 0.3) is 5.91 Å². The third-order valence-electron chi connectivity index (χ3n) is 5.78. The molecule has 1 spiro atoms. The smallest absolute Gasteiger partial charge is 0.255 e. The van der Waals surface area contributed by atoms with Gasteiger partial charge in [0.15, 0.2) is 0 Å². The molecule has 0 bridgehead atoms. The lowest BCUT2D eigenvalue weighted by molar-refractivity contribution is -0.141. The Hall–Kier alpha value is -2.90. The van der Waals surface area contributed by atoms with Crippen molar-refractivity contribution in [1.29, 1.82) is 0 Å². The molecule has 2 aliphatic heterocycles. The summed E-state index contributed by atoms with van der Waals surface area (Å²) in [5, 5.41) is 0. The van der Waals surface area contributed by atoms with E-state index in [1.54, 1.807) is 18.5 Å². The standard InChI is InChI=1S/C19H24N6O2/c1-2-16(26)25-8-5-14-17(23-12-22-14)19(25)6-9-24(10-7-19)18(27)13-3-4-15(20)21-11-13/h3-4,11-12H,2,5-10H2,1H3,(H2,20,21)(H,22,23).